The molecule has 3 rings (SSSR count). The predicted molar refractivity (Wildman–Crippen MR) is 99.1 cm³/mol. The largest absolute Gasteiger partial charge is 0.330 e. The number of hydrogen-bond donors (Lipinski definition) is 1. The van der Waals surface area contributed by atoms with E-state index in [1.807, 2.05) is 30.3 Å². The first-order chi connectivity index (χ1) is 11.4. The van der Waals surface area contributed by atoms with Gasteiger partial charge in [-0.3, -0.25) is 0 Å². The highest BCUT2D eigenvalue weighted by molar-refractivity contribution is 7.89. The van der Waals surface area contributed by atoms with Crippen LogP contribution < -0.4 is 5.73 Å². The molecule has 0 aromatic heterocycles. The van der Waals surface area contributed by atoms with Gasteiger partial charge in [0.25, 0.3) is 0 Å². The molecule has 0 saturated carbocycles. The summed E-state index contributed by atoms with van der Waals surface area (Å²) in [5.74, 6) is -0.927. The Bertz CT molecular complexity index is 834. The first-order valence-electron chi connectivity index (χ1n) is 7.64. The van der Waals surface area contributed by atoms with Gasteiger partial charge in [-0.1, -0.05) is 48.0 Å². The molecule has 0 spiro atoms. The van der Waals surface area contributed by atoms with Gasteiger partial charge in [0.15, 0.2) is 5.82 Å². The zero-order valence-corrected chi connectivity index (χ0v) is 15.7. The molecule has 2 aromatic carbocycles. The van der Waals surface area contributed by atoms with Crippen molar-refractivity contribution in [1.82, 2.24) is 4.31 Å². The molecule has 0 bridgehead atoms. The monoisotopic (exact) mass is 404 g/mol. The second-order valence-electron chi connectivity index (χ2n) is 5.89. The second-order valence-corrected chi connectivity index (χ2v) is 8.20. The van der Waals surface area contributed by atoms with Crippen LogP contribution in [-0.2, 0) is 10.0 Å². The molecule has 0 aliphatic carbocycles. The van der Waals surface area contributed by atoms with E-state index in [0.717, 1.165) is 5.56 Å². The van der Waals surface area contributed by atoms with Crippen molar-refractivity contribution in [3.05, 3.63) is 64.9 Å². The molecule has 25 heavy (non-hydrogen) atoms. The SMILES string of the molecule is Cl.NC[C@@H]1CN(S(=O)(=O)c2cccc(Cl)c2F)C[C@H]1c1ccccc1. The van der Waals surface area contributed by atoms with Gasteiger partial charge in [-0.05, 0) is 30.2 Å². The van der Waals surface area contributed by atoms with Crippen LogP contribution in [-0.4, -0.2) is 32.4 Å². The van der Waals surface area contributed by atoms with Crippen LogP contribution in [0, 0.1) is 11.7 Å². The molecule has 0 amide bonds. The quantitative estimate of drug-likeness (QED) is 0.850. The molecule has 1 aliphatic heterocycles. The molecule has 1 fully saturated rings. The van der Waals surface area contributed by atoms with Gasteiger partial charge in [0.2, 0.25) is 10.0 Å². The van der Waals surface area contributed by atoms with Gasteiger partial charge >= 0.3 is 0 Å². The lowest BCUT2D eigenvalue weighted by molar-refractivity contribution is 0.453. The van der Waals surface area contributed by atoms with E-state index in [4.69, 9.17) is 17.3 Å². The van der Waals surface area contributed by atoms with Crippen LogP contribution in [0.5, 0.6) is 0 Å². The highest BCUT2D eigenvalue weighted by Gasteiger charge is 2.40. The van der Waals surface area contributed by atoms with Crippen LogP contribution >= 0.6 is 24.0 Å². The van der Waals surface area contributed by atoms with Gasteiger partial charge in [0, 0.05) is 19.0 Å². The topological polar surface area (TPSA) is 63.4 Å². The summed E-state index contributed by atoms with van der Waals surface area (Å²) in [6, 6.07) is 13.7. The molecular formula is C17H19Cl2FN2O2S. The van der Waals surface area contributed by atoms with Gasteiger partial charge in [0.05, 0.1) is 5.02 Å². The average Bonchev–Trinajstić information content (AvgIpc) is 3.03. The minimum absolute atomic E-state index is 0. The standard InChI is InChI=1S/C17H18ClFN2O2S.ClH/c18-15-7-4-8-16(17(15)19)24(22,23)21-10-13(9-20)14(11-21)12-5-2-1-3-6-12;/h1-8,13-14H,9-11,20H2;1H/t13-,14+;/m1./s1. The summed E-state index contributed by atoms with van der Waals surface area (Å²) in [5, 5.41) is -0.203. The fourth-order valence-corrected chi connectivity index (χ4v) is 5.01. The summed E-state index contributed by atoms with van der Waals surface area (Å²) < 4.78 is 41.2. The fourth-order valence-electron chi connectivity index (χ4n) is 3.17. The third-order valence-electron chi connectivity index (χ3n) is 4.47. The van der Waals surface area contributed by atoms with E-state index >= 15 is 0 Å². The zero-order chi connectivity index (χ0) is 17.3. The molecule has 0 unspecified atom stereocenters. The fraction of sp³-hybridized carbons (Fsp3) is 0.294. The highest BCUT2D eigenvalue weighted by atomic mass is 35.5. The highest BCUT2D eigenvalue weighted by Crippen LogP contribution is 2.36. The summed E-state index contributed by atoms with van der Waals surface area (Å²) in [4.78, 5) is -0.389. The Morgan fingerprint density at radius 1 is 1.12 bits per heavy atom. The van der Waals surface area contributed by atoms with Crippen LogP contribution in [0.3, 0.4) is 0 Å². The van der Waals surface area contributed by atoms with E-state index in [-0.39, 0.29) is 47.3 Å². The van der Waals surface area contributed by atoms with Gasteiger partial charge in [-0.2, -0.15) is 4.31 Å². The van der Waals surface area contributed by atoms with Gasteiger partial charge in [-0.25, -0.2) is 12.8 Å². The van der Waals surface area contributed by atoms with Crippen molar-refractivity contribution in [2.75, 3.05) is 19.6 Å². The molecule has 1 saturated heterocycles. The summed E-state index contributed by atoms with van der Waals surface area (Å²) in [5.41, 5.74) is 6.88. The lowest BCUT2D eigenvalue weighted by Gasteiger charge is -2.17. The Morgan fingerprint density at radius 3 is 2.44 bits per heavy atom. The first-order valence-corrected chi connectivity index (χ1v) is 9.46. The van der Waals surface area contributed by atoms with Crippen molar-refractivity contribution in [2.24, 2.45) is 11.7 Å². The van der Waals surface area contributed by atoms with E-state index in [0.29, 0.717) is 6.54 Å². The van der Waals surface area contributed by atoms with E-state index < -0.39 is 15.8 Å². The molecular weight excluding hydrogens is 386 g/mol. The summed E-state index contributed by atoms with van der Waals surface area (Å²) in [6.45, 7) is 0.911. The number of hydrogen-bond acceptors (Lipinski definition) is 3. The van der Waals surface area contributed by atoms with E-state index in [9.17, 15) is 12.8 Å². The lowest BCUT2D eigenvalue weighted by Crippen LogP contribution is -2.30. The van der Waals surface area contributed by atoms with Crippen molar-refractivity contribution in [3.8, 4) is 0 Å². The van der Waals surface area contributed by atoms with Crippen molar-refractivity contribution in [3.63, 3.8) is 0 Å². The first kappa shape index (κ1) is 20.1. The minimum atomic E-state index is -3.96. The third kappa shape index (κ3) is 3.83. The Balaban J connectivity index is 0.00000225. The maximum atomic E-state index is 14.2. The number of benzene rings is 2. The summed E-state index contributed by atoms with van der Waals surface area (Å²) >= 11 is 5.73. The molecule has 0 radical (unpaired) electrons. The van der Waals surface area contributed by atoms with Gasteiger partial charge < -0.3 is 5.73 Å². The van der Waals surface area contributed by atoms with Crippen LogP contribution in [0.15, 0.2) is 53.4 Å². The Hall–Kier alpha value is -1.18. The van der Waals surface area contributed by atoms with Crippen LogP contribution in [0.4, 0.5) is 4.39 Å². The zero-order valence-electron chi connectivity index (χ0n) is 13.3. The Kier molecular flexibility index (Phi) is 6.45. The van der Waals surface area contributed by atoms with E-state index in [2.05, 4.69) is 0 Å². The maximum Gasteiger partial charge on any atom is 0.246 e. The van der Waals surface area contributed by atoms with Crippen LogP contribution in [0.25, 0.3) is 0 Å². The minimum Gasteiger partial charge on any atom is -0.330 e. The molecule has 2 N–H and O–H groups in total. The van der Waals surface area contributed by atoms with Crippen LogP contribution in [0.1, 0.15) is 11.5 Å². The summed E-state index contributed by atoms with van der Waals surface area (Å²) in [6.07, 6.45) is 0. The maximum absolute atomic E-state index is 14.2. The molecule has 2 aromatic rings. The number of halogens is 3. The van der Waals surface area contributed by atoms with Crippen molar-refractivity contribution < 1.29 is 12.8 Å². The smallest absolute Gasteiger partial charge is 0.246 e. The Morgan fingerprint density at radius 2 is 1.80 bits per heavy atom. The second kappa shape index (κ2) is 8.01. The Labute approximate surface area is 158 Å². The molecule has 136 valence electrons. The van der Waals surface area contributed by atoms with Gasteiger partial charge in [-0.15, -0.1) is 12.4 Å². The predicted octanol–water partition coefficient (Wildman–Crippen LogP) is 3.26. The number of rotatable bonds is 4. The van der Waals surface area contributed by atoms with Crippen molar-refractivity contribution in [1.29, 1.82) is 0 Å². The third-order valence-corrected chi connectivity index (χ3v) is 6.61. The lowest BCUT2D eigenvalue weighted by atomic mass is 9.89. The number of sulfonamides is 1. The van der Waals surface area contributed by atoms with Gasteiger partial charge in [0.1, 0.15) is 4.90 Å². The molecule has 4 nitrogen and oxygen atoms in total. The number of nitrogens with zero attached hydrogens (tertiary/aromatic N) is 1. The molecule has 1 aliphatic rings. The van der Waals surface area contributed by atoms with Crippen molar-refractivity contribution in [2.45, 2.75) is 10.8 Å². The van der Waals surface area contributed by atoms with Crippen LogP contribution in [0.2, 0.25) is 5.02 Å². The molecule has 1 heterocycles. The molecule has 2 atom stereocenters. The van der Waals surface area contributed by atoms with Crippen molar-refractivity contribution >= 4 is 34.0 Å². The average molecular weight is 405 g/mol. The number of nitrogens with two attached hydrogens (primary N) is 1. The normalized spacial score (nSPS) is 21.1. The summed E-state index contributed by atoms with van der Waals surface area (Å²) in [7, 11) is -3.96. The van der Waals surface area contributed by atoms with E-state index in [1.165, 1.54) is 22.5 Å². The molecule has 8 heteroatoms. The van der Waals surface area contributed by atoms with E-state index in [1.54, 1.807) is 0 Å².